The van der Waals surface area contributed by atoms with Crippen LogP contribution in [0, 0.1) is 10.1 Å². The van der Waals surface area contributed by atoms with Crippen LogP contribution in [0.15, 0.2) is 58.3 Å². The number of carbonyl (C=O) groups is 1. The smallest absolute Gasteiger partial charge is 0.294 e. The van der Waals surface area contributed by atoms with Crippen LogP contribution in [-0.4, -0.2) is 42.4 Å². The first-order valence-electron chi connectivity index (χ1n) is 10.1. The number of nitrogens with zero attached hydrogens (tertiary/aromatic N) is 7. The molecule has 2 heterocycles. The van der Waals surface area contributed by atoms with Gasteiger partial charge in [-0.05, 0) is 39.5 Å². The number of amides is 1. The van der Waals surface area contributed by atoms with Gasteiger partial charge in [0.2, 0.25) is 11.6 Å². The number of nitro groups is 1. The average molecular weight is 461 g/mol. The first-order valence-corrected chi connectivity index (χ1v) is 10.1. The van der Waals surface area contributed by atoms with Crippen molar-refractivity contribution in [1.29, 1.82) is 0 Å². The molecule has 4 aromatic rings. The van der Waals surface area contributed by atoms with E-state index in [1.165, 1.54) is 36.0 Å². The summed E-state index contributed by atoms with van der Waals surface area (Å²) in [6, 6.07) is 13.2. The van der Waals surface area contributed by atoms with Crippen LogP contribution in [0.1, 0.15) is 41.4 Å². The fourth-order valence-electron chi connectivity index (χ4n) is 3.11. The topological polar surface area (TPSA) is 180 Å². The molecule has 2 aromatic heterocycles. The van der Waals surface area contributed by atoms with Crippen molar-refractivity contribution < 1.29 is 14.3 Å². The van der Waals surface area contributed by atoms with E-state index >= 15 is 0 Å². The SMILES string of the molecule is CC(C)c1ccc(C=NNC(=O)c2nnn(-c3nonc3N)c2-c2ccc([N+](=O)[O-])cc2)cc1. The Bertz CT molecular complexity index is 1360. The highest BCUT2D eigenvalue weighted by molar-refractivity contribution is 5.98. The number of non-ortho nitro benzene ring substituents is 1. The fraction of sp³-hybridized carbons (Fsp3) is 0.143. The summed E-state index contributed by atoms with van der Waals surface area (Å²) in [5.74, 6) is -0.332. The Hall–Kier alpha value is -4.94. The molecule has 13 nitrogen and oxygen atoms in total. The van der Waals surface area contributed by atoms with E-state index < -0.39 is 10.8 Å². The lowest BCUT2D eigenvalue weighted by Crippen LogP contribution is -2.19. The van der Waals surface area contributed by atoms with Crippen LogP contribution in [-0.2, 0) is 0 Å². The summed E-state index contributed by atoms with van der Waals surface area (Å²) in [6.45, 7) is 4.20. The Morgan fingerprint density at radius 1 is 1.18 bits per heavy atom. The lowest BCUT2D eigenvalue weighted by Gasteiger charge is -2.06. The van der Waals surface area contributed by atoms with Gasteiger partial charge < -0.3 is 5.73 Å². The van der Waals surface area contributed by atoms with E-state index in [4.69, 9.17) is 5.73 Å². The van der Waals surface area contributed by atoms with Crippen molar-refractivity contribution in [3.05, 3.63) is 75.5 Å². The Morgan fingerprint density at radius 3 is 2.47 bits per heavy atom. The number of nitrogen functional groups attached to an aromatic ring is 1. The highest BCUT2D eigenvalue weighted by Gasteiger charge is 2.25. The molecule has 34 heavy (non-hydrogen) atoms. The second kappa shape index (κ2) is 9.28. The molecule has 0 aliphatic heterocycles. The Morgan fingerprint density at radius 2 is 1.88 bits per heavy atom. The second-order valence-electron chi connectivity index (χ2n) is 7.50. The van der Waals surface area contributed by atoms with E-state index in [-0.39, 0.29) is 28.7 Å². The number of hydrogen-bond acceptors (Lipinski definition) is 10. The van der Waals surface area contributed by atoms with Gasteiger partial charge in [0.15, 0.2) is 5.69 Å². The third-order valence-electron chi connectivity index (χ3n) is 4.92. The third kappa shape index (κ3) is 4.48. The minimum atomic E-state index is -0.662. The maximum absolute atomic E-state index is 12.9. The molecule has 13 heteroatoms. The summed E-state index contributed by atoms with van der Waals surface area (Å²) in [7, 11) is 0. The number of nitro benzene ring substituents is 1. The molecule has 0 spiro atoms. The molecule has 1 amide bonds. The minimum Gasteiger partial charge on any atom is -0.378 e. The van der Waals surface area contributed by atoms with Crippen LogP contribution < -0.4 is 11.2 Å². The highest BCUT2D eigenvalue weighted by Crippen LogP contribution is 2.28. The van der Waals surface area contributed by atoms with Gasteiger partial charge in [-0.3, -0.25) is 14.9 Å². The van der Waals surface area contributed by atoms with Crippen molar-refractivity contribution >= 4 is 23.6 Å². The monoisotopic (exact) mass is 461 g/mol. The van der Waals surface area contributed by atoms with Crippen LogP contribution in [0.4, 0.5) is 11.5 Å². The second-order valence-corrected chi connectivity index (χ2v) is 7.50. The molecule has 0 aliphatic rings. The van der Waals surface area contributed by atoms with E-state index in [9.17, 15) is 14.9 Å². The zero-order valence-electron chi connectivity index (χ0n) is 18.1. The molecule has 4 rings (SSSR count). The van der Waals surface area contributed by atoms with Crippen LogP contribution in [0.25, 0.3) is 17.1 Å². The Balaban J connectivity index is 1.64. The number of hydrazone groups is 1. The van der Waals surface area contributed by atoms with Gasteiger partial charge >= 0.3 is 0 Å². The molecule has 172 valence electrons. The van der Waals surface area contributed by atoms with Gasteiger partial charge in [0.05, 0.1) is 11.1 Å². The average Bonchev–Trinajstić information content (AvgIpc) is 3.45. The summed E-state index contributed by atoms with van der Waals surface area (Å²) >= 11 is 0. The number of aromatic nitrogens is 5. The molecule has 2 aromatic carbocycles. The number of anilines is 1. The van der Waals surface area contributed by atoms with Crippen LogP contribution >= 0.6 is 0 Å². The van der Waals surface area contributed by atoms with Gasteiger partial charge in [-0.1, -0.05) is 43.3 Å². The van der Waals surface area contributed by atoms with Gasteiger partial charge in [0.1, 0.15) is 5.69 Å². The predicted molar refractivity (Wildman–Crippen MR) is 121 cm³/mol. The summed E-state index contributed by atoms with van der Waals surface area (Å²) in [5, 5.41) is 30.1. The number of nitrogens with two attached hydrogens (primary N) is 1. The van der Waals surface area contributed by atoms with E-state index in [0.29, 0.717) is 11.5 Å². The first-order chi connectivity index (χ1) is 16.3. The van der Waals surface area contributed by atoms with Crippen molar-refractivity contribution in [3.8, 4) is 17.1 Å². The van der Waals surface area contributed by atoms with Gasteiger partial charge in [-0.15, -0.1) is 5.10 Å². The van der Waals surface area contributed by atoms with Crippen LogP contribution in [0.3, 0.4) is 0 Å². The minimum absolute atomic E-state index is 0.00801. The summed E-state index contributed by atoms with van der Waals surface area (Å²) in [4.78, 5) is 23.4. The largest absolute Gasteiger partial charge is 0.378 e. The molecule has 0 atom stereocenters. The maximum Gasteiger partial charge on any atom is 0.294 e. The van der Waals surface area contributed by atoms with Crippen molar-refractivity contribution in [1.82, 2.24) is 30.7 Å². The molecule has 0 bridgehead atoms. The molecular formula is C21H19N9O4. The number of rotatable bonds is 7. The van der Waals surface area contributed by atoms with Gasteiger partial charge in [-0.25, -0.2) is 10.1 Å². The lowest BCUT2D eigenvalue weighted by atomic mass is 10.0. The lowest BCUT2D eigenvalue weighted by molar-refractivity contribution is -0.384. The number of nitrogens with one attached hydrogen (secondary N) is 1. The summed E-state index contributed by atoms with van der Waals surface area (Å²) in [5.41, 5.74) is 10.5. The zero-order valence-corrected chi connectivity index (χ0v) is 18.1. The molecule has 0 radical (unpaired) electrons. The molecule has 0 unspecified atom stereocenters. The van der Waals surface area contributed by atoms with Gasteiger partial charge in [0.25, 0.3) is 11.6 Å². The molecule has 0 saturated heterocycles. The van der Waals surface area contributed by atoms with E-state index in [1.54, 1.807) is 0 Å². The van der Waals surface area contributed by atoms with Gasteiger partial charge in [0, 0.05) is 17.7 Å². The molecule has 0 aliphatic carbocycles. The first kappa shape index (κ1) is 22.3. The van der Waals surface area contributed by atoms with Crippen molar-refractivity contribution in [3.63, 3.8) is 0 Å². The normalized spacial score (nSPS) is 11.3. The Kier molecular flexibility index (Phi) is 6.07. The number of carbonyl (C=O) groups excluding carboxylic acids is 1. The maximum atomic E-state index is 12.9. The standard InChI is InChI=1S/C21H19N9O4/c1-12(2)14-5-3-13(4-6-14)11-23-25-21(31)17-18(15-7-9-16(10-8-15)30(32)33)29(28-24-17)20-19(22)26-34-27-20/h3-12H,1-2H3,(H2,22,26)(H,25,31). The summed E-state index contributed by atoms with van der Waals surface area (Å²) < 4.78 is 5.78. The van der Waals surface area contributed by atoms with E-state index in [2.05, 4.69) is 49.6 Å². The Labute approximate surface area is 192 Å². The summed E-state index contributed by atoms with van der Waals surface area (Å²) in [6.07, 6.45) is 1.50. The fourth-order valence-corrected chi connectivity index (χ4v) is 3.11. The van der Waals surface area contributed by atoms with Crippen molar-refractivity contribution in [2.45, 2.75) is 19.8 Å². The van der Waals surface area contributed by atoms with Crippen molar-refractivity contribution in [2.75, 3.05) is 5.73 Å². The number of benzene rings is 2. The van der Waals surface area contributed by atoms with Crippen molar-refractivity contribution in [2.24, 2.45) is 5.10 Å². The molecule has 3 N–H and O–H groups in total. The quantitative estimate of drug-likeness (QED) is 0.237. The highest BCUT2D eigenvalue weighted by atomic mass is 16.6. The number of hydrogen-bond donors (Lipinski definition) is 2. The van der Waals surface area contributed by atoms with Gasteiger partial charge in [-0.2, -0.15) is 9.78 Å². The van der Waals surface area contributed by atoms with Crippen LogP contribution in [0.2, 0.25) is 0 Å². The zero-order chi connectivity index (χ0) is 24.2. The predicted octanol–water partition coefficient (Wildman–Crippen LogP) is 2.70. The van der Waals surface area contributed by atoms with Crippen LogP contribution in [0.5, 0.6) is 0 Å². The third-order valence-corrected chi connectivity index (χ3v) is 4.92. The molecule has 0 fully saturated rings. The molecule has 0 saturated carbocycles. The van der Waals surface area contributed by atoms with E-state index in [0.717, 1.165) is 10.2 Å². The van der Waals surface area contributed by atoms with E-state index in [1.807, 2.05) is 24.3 Å². The molecular weight excluding hydrogens is 442 g/mol.